The predicted octanol–water partition coefficient (Wildman–Crippen LogP) is 1.35. The van der Waals surface area contributed by atoms with Crippen LogP contribution in [0.1, 0.15) is 33.6 Å². The molecular formula is C11H19NO3. The number of rotatable bonds is 4. The SMILES string of the molecule is CCC1(C)CC1C(=O)N(C)C(C)C(=O)O. The van der Waals surface area contributed by atoms with Crippen LogP contribution in [0.25, 0.3) is 0 Å². The Morgan fingerprint density at radius 3 is 2.47 bits per heavy atom. The van der Waals surface area contributed by atoms with Gasteiger partial charge in [-0.25, -0.2) is 4.79 Å². The van der Waals surface area contributed by atoms with Gasteiger partial charge in [-0.2, -0.15) is 0 Å². The first-order valence-corrected chi connectivity index (χ1v) is 5.33. The van der Waals surface area contributed by atoms with Gasteiger partial charge in [0, 0.05) is 13.0 Å². The molecule has 0 saturated heterocycles. The summed E-state index contributed by atoms with van der Waals surface area (Å²) in [4.78, 5) is 24.0. The summed E-state index contributed by atoms with van der Waals surface area (Å²) in [6.45, 7) is 5.68. The minimum Gasteiger partial charge on any atom is -0.480 e. The molecule has 15 heavy (non-hydrogen) atoms. The van der Waals surface area contributed by atoms with Crippen molar-refractivity contribution in [1.29, 1.82) is 0 Å². The molecule has 0 spiro atoms. The van der Waals surface area contributed by atoms with Crippen molar-refractivity contribution >= 4 is 11.9 Å². The van der Waals surface area contributed by atoms with Gasteiger partial charge in [-0.15, -0.1) is 0 Å². The highest BCUT2D eigenvalue weighted by atomic mass is 16.4. The Kier molecular flexibility index (Phi) is 3.07. The van der Waals surface area contributed by atoms with E-state index in [1.807, 2.05) is 0 Å². The quantitative estimate of drug-likeness (QED) is 0.767. The molecule has 0 heterocycles. The van der Waals surface area contributed by atoms with Crippen molar-refractivity contribution in [3.05, 3.63) is 0 Å². The second-order valence-electron chi connectivity index (χ2n) is 4.73. The van der Waals surface area contributed by atoms with Crippen LogP contribution in [0.4, 0.5) is 0 Å². The van der Waals surface area contributed by atoms with Crippen LogP contribution in [0.5, 0.6) is 0 Å². The fourth-order valence-corrected chi connectivity index (χ4v) is 1.79. The first-order chi connectivity index (χ1) is 6.83. The molecule has 3 atom stereocenters. The van der Waals surface area contributed by atoms with E-state index in [1.165, 1.54) is 11.8 Å². The summed E-state index contributed by atoms with van der Waals surface area (Å²) in [5.41, 5.74) is 0.101. The maximum Gasteiger partial charge on any atom is 0.326 e. The summed E-state index contributed by atoms with van der Waals surface area (Å²) < 4.78 is 0. The molecule has 0 aromatic carbocycles. The maximum absolute atomic E-state index is 11.9. The molecule has 1 fully saturated rings. The molecular weight excluding hydrogens is 194 g/mol. The van der Waals surface area contributed by atoms with Gasteiger partial charge in [0.05, 0.1) is 0 Å². The molecule has 0 radical (unpaired) electrons. The van der Waals surface area contributed by atoms with Crippen molar-refractivity contribution in [2.24, 2.45) is 11.3 Å². The van der Waals surface area contributed by atoms with Gasteiger partial charge in [0.1, 0.15) is 6.04 Å². The van der Waals surface area contributed by atoms with Gasteiger partial charge in [-0.3, -0.25) is 4.79 Å². The predicted molar refractivity (Wildman–Crippen MR) is 56.4 cm³/mol. The summed E-state index contributed by atoms with van der Waals surface area (Å²) in [7, 11) is 1.56. The van der Waals surface area contributed by atoms with Crippen molar-refractivity contribution in [3.63, 3.8) is 0 Å². The van der Waals surface area contributed by atoms with Crippen molar-refractivity contribution in [1.82, 2.24) is 4.90 Å². The standard InChI is InChI=1S/C11H19NO3/c1-5-11(3)6-8(11)9(13)12(4)7(2)10(14)15/h7-8H,5-6H2,1-4H3,(H,14,15). The largest absolute Gasteiger partial charge is 0.480 e. The number of aliphatic carboxylic acids is 1. The highest BCUT2D eigenvalue weighted by Gasteiger charge is 2.54. The molecule has 0 aliphatic heterocycles. The van der Waals surface area contributed by atoms with Crippen LogP contribution in [0, 0.1) is 11.3 Å². The number of carbonyl (C=O) groups excluding carboxylic acids is 1. The normalized spacial score (nSPS) is 30.8. The van der Waals surface area contributed by atoms with Crippen LogP contribution in [0.3, 0.4) is 0 Å². The lowest BCUT2D eigenvalue weighted by molar-refractivity contribution is -0.149. The van der Waals surface area contributed by atoms with Gasteiger partial charge in [0.15, 0.2) is 0 Å². The third kappa shape index (κ3) is 2.13. The van der Waals surface area contributed by atoms with Crippen LogP contribution in [-0.4, -0.2) is 35.0 Å². The lowest BCUT2D eigenvalue weighted by Crippen LogP contribution is -2.41. The Bertz CT molecular complexity index is 290. The Labute approximate surface area is 90.3 Å². The van der Waals surface area contributed by atoms with Crippen LogP contribution in [-0.2, 0) is 9.59 Å². The number of hydrogen-bond acceptors (Lipinski definition) is 2. The zero-order chi connectivity index (χ0) is 11.8. The minimum atomic E-state index is -0.954. The Balaban J connectivity index is 2.60. The summed E-state index contributed by atoms with van der Waals surface area (Å²) in [6.07, 6.45) is 1.86. The van der Waals surface area contributed by atoms with Crippen molar-refractivity contribution in [2.75, 3.05) is 7.05 Å². The number of likely N-dealkylation sites (N-methyl/N-ethyl adjacent to an activating group) is 1. The van der Waals surface area contributed by atoms with Gasteiger partial charge < -0.3 is 10.0 Å². The number of carbonyl (C=O) groups is 2. The second kappa shape index (κ2) is 3.83. The number of amides is 1. The molecule has 1 rings (SSSR count). The topological polar surface area (TPSA) is 57.6 Å². The molecule has 4 nitrogen and oxygen atoms in total. The zero-order valence-corrected chi connectivity index (χ0v) is 9.78. The van der Waals surface area contributed by atoms with Gasteiger partial charge in [-0.05, 0) is 25.2 Å². The van der Waals surface area contributed by atoms with E-state index in [2.05, 4.69) is 13.8 Å². The van der Waals surface area contributed by atoms with Gasteiger partial charge in [0.25, 0.3) is 0 Å². The first kappa shape index (κ1) is 12.0. The van der Waals surface area contributed by atoms with E-state index in [1.54, 1.807) is 7.05 Å². The molecule has 86 valence electrons. The number of carboxylic acids is 1. The van der Waals surface area contributed by atoms with Crippen LogP contribution in [0.15, 0.2) is 0 Å². The summed E-state index contributed by atoms with van der Waals surface area (Å²) in [5.74, 6) is -0.965. The molecule has 1 aliphatic rings. The Morgan fingerprint density at radius 2 is 2.13 bits per heavy atom. The summed E-state index contributed by atoms with van der Waals surface area (Å²) >= 11 is 0. The third-order valence-corrected chi connectivity index (χ3v) is 3.74. The van der Waals surface area contributed by atoms with E-state index in [9.17, 15) is 9.59 Å². The molecule has 0 aromatic heterocycles. The fraction of sp³-hybridized carbons (Fsp3) is 0.818. The summed E-state index contributed by atoms with van der Waals surface area (Å²) in [5, 5.41) is 8.80. The van der Waals surface area contributed by atoms with E-state index in [-0.39, 0.29) is 17.2 Å². The number of carboxylic acid groups (broad SMARTS) is 1. The average molecular weight is 213 g/mol. The van der Waals surface area contributed by atoms with Gasteiger partial charge in [0.2, 0.25) is 5.91 Å². The Morgan fingerprint density at radius 1 is 1.60 bits per heavy atom. The van der Waals surface area contributed by atoms with E-state index in [0.29, 0.717) is 0 Å². The fourth-order valence-electron chi connectivity index (χ4n) is 1.79. The molecule has 4 heteroatoms. The van der Waals surface area contributed by atoms with E-state index < -0.39 is 12.0 Å². The smallest absolute Gasteiger partial charge is 0.326 e. The van der Waals surface area contributed by atoms with Gasteiger partial charge in [-0.1, -0.05) is 13.8 Å². The van der Waals surface area contributed by atoms with E-state index in [4.69, 9.17) is 5.11 Å². The highest BCUT2D eigenvalue weighted by molar-refractivity contribution is 5.87. The number of hydrogen-bond donors (Lipinski definition) is 1. The van der Waals surface area contributed by atoms with Crippen LogP contribution in [0.2, 0.25) is 0 Å². The van der Waals surface area contributed by atoms with Crippen molar-refractivity contribution < 1.29 is 14.7 Å². The molecule has 1 aliphatic carbocycles. The lowest BCUT2D eigenvalue weighted by atomic mass is 10.0. The molecule has 1 N–H and O–H groups in total. The molecule has 1 saturated carbocycles. The molecule has 0 aromatic rings. The lowest BCUT2D eigenvalue weighted by Gasteiger charge is -2.22. The molecule has 1 amide bonds. The molecule has 3 unspecified atom stereocenters. The van der Waals surface area contributed by atoms with E-state index in [0.717, 1.165) is 12.8 Å². The van der Waals surface area contributed by atoms with Gasteiger partial charge >= 0.3 is 5.97 Å². The van der Waals surface area contributed by atoms with Crippen molar-refractivity contribution in [3.8, 4) is 0 Å². The highest BCUT2D eigenvalue weighted by Crippen LogP contribution is 2.55. The van der Waals surface area contributed by atoms with E-state index >= 15 is 0 Å². The van der Waals surface area contributed by atoms with Crippen LogP contribution < -0.4 is 0 Å². The monoisotopic (exact) mass is 213 g/mol. The maximum atomic E-state index is 11.9. The first-order valence-electron chi connectivity index (χ1n) is 5.33. The third-order valence-electron chi connectivity index (χ3n) is 3.74. The average Bonchev–Trinajstić information content (AvgIpc) is 2.88. The van der Waals surface area contributed by atoms with Crippen LogP contribution >= 0.6 is 0 Å². The van der Waals surface area contributed by atoms with Crippen molar-refractivity contribution in [2.45, 2.75) is 39.7 Å². The minimum absolute atomic E-state index is 0.0225. The summed E-state index contributed by atoms with van der Waals surface area (Å²) in [6, 6.07) is -0.737. The Hall–Kier alpha value is -1.06. The second-order valence-corrected chi connectivity index (χ2v) is 4.73. The zero-order valence-electron chi connectivity index (χ0n) is 9.78. The molecule has 0 bridgehead atoms. The number of nitrogens with zero attached hydrogens (tertiary/aromatic N) is 1.